The lowest BCUT2D eigenvalue weighted by atomic mass is 9.90. The van der Waals surface area contributed by atoms with E-state index in [-0.39, 0.29) is 6.61 Å². The number of rotatable bonds is 13. The number of esters is 1. The Morgan fingerprint density at radius 2 is 1.73 bits per heavy atom. The van der Waals surface area contributed by atoms with E-state index in [4.69, 9.17) is 24.2 Å². The molecule has 2 heterocycles. The highest BCUT2D eigenvalue weighted by Crippen LogP contribution is 2.28. The first-order chi connectivity index (χ1) is 22.0. The summed E-state index contributed by atoms with van der Waals surface area (Å²) in [6.45, 7) is 5.60. The maximum Gasteiger partial charge on any atom is 0.344 e. The van der Waals surface area contributed by atoms with E-state index >= 15 is 0 Å². The fourth-order valence-electron chi connectivity index (χ4n) is 5.05. The second-order valence-corrected chi connectivity index (χ2v) is 10.8. The van der Waals surface area contributed by atoms with E-state index in [0.29, 0.717) is 41.9 Å². The van der Waals surface area contributed by atoms with Gasteiger partial charge in [-0.15, -0.1) is 0 Å². The van der Waals surface area contributed by atoms with Crippen molar-refractivity contribution >= 4 is 35.7 Å². The molecule has 3 aromatic carbocycles. The summed E-state index contributed by atoms with van der Waals surface area (Å²) in [4.78, 5) is 27.9. The predicted molar refractivity (Wildman–Crippen MR) is 176 cm³/mol. The number of carbonyl (C=O) groups excluding carboxylic acids is 1. The average molecular weight is 610 g/mol. The summed E-state index contributed by atoms with van der Waals surface area (Å²) in [6, 6.07) is 24.0. The van der Waals surface area contributed by atoms with Crippen molar-refractivity contribution < 1.29 is 19.0 Å². The number of nitrogens with zero attached hydrogens (tertiary/aromatic N) is 5. The Hall–Kier alpha value is -5.19. The van der Waals surface area contributed by atoms with Crippen molar-refractivity contribution in [2.24, 2.45) is 11.0 Å². The van der Waals surface area contributed by atoms with E-state index in [0.717, 1.165) is 43.6 Å². The molecular weight excluding hydrogens is 570 g/mol. The zero-order valence-electron chi connectivity index (χ0n) is 25.9. The third-order valence-corrected chi connectivity index (χ3v) is 7.41. The molecule has 2 N–H and O–H groups in total. The number of aromatic nitrogens is 3. The summed E-state index contributed by atoms with van der Waals surface area (Å²) in [5, 5.41) is 7.68. The Balaban J connectivity index is 1.28. The number of benzene rings is 3. The van der Waals surface area contributed by atoms with Crippen LogP contribution < -0.4 is 25.1 Å². The Morgan fingerprint density at radius 1 is 0.978 bits per heavy atom. The number of carbonyl (C=O) groups is 1. The molecule has 1 saturated heterocycles. The third kappa shape index (κ3) is 9.15. The van der Waals surface area contributed by atoms with E-state index in [9.17, 15) is 4.79 Å². The zero-order valence-corrected chi connectivity index (χ0v) is 25.9. The first kappa shape index (κ1) is 31.2. The van der Waals surface area contributed by atoms with Crippen LogP contribution in [0.1, 0.15) is 36.5 Å². The fraction of sp³-hybridized carbons (Fsp3) is 0.324. The molecule has 0 unspecified atom stereocenters. The summed E-state index contributed by atoms with van der Waals surface area (Å²) in [7, 11) is 1.53. The third-order valence-electron chi connectivity index (χ3n) is 7.41. The number of piperidine rings is 1. The molecule has 0 radical (unpaired) electrons. The summed E-state index contributed by atoms with van der Waals surface area (Å²) in [6.07, 6.45) is 4.83. The second kappa shape index (κ2) is 15.5. The monoisotopic (exact) mass is 609 g/mol. The van der Waals surface area contributed by atoms with Gasteiger partial charge < -0.3 is 24.4 Å². The number of hydrogen-bond donors (Lipinski definition) is 2. The van der Waals surface area contributed by atoms with Gasteiger partial charge in [-0.05, 0) is 80.5 Å². The SMILES string of the molecule is CCOC(=O)COc1ccc(/C=N\Nc2nc(Nc3ccc(C)cc3)nc(N3CCC(Cc4ccccc4)CC3)n2)cc1OC. The largest absolute Gasteiger partial charge is 0.493 e. The van der Waals surface area contributed by atoms with Crippen LogP contribution in [0.3, 0.4) is 0 Å². The number of hydrogen-bond acceptors (Lipinski definition) is 11. The molecule has 45 heavy (non-hydrogen) atoms. The molecule has 0 saturated carbocycles. The lowest BCUT2D eigenvalue weighted by Crippen LogP contribution is -2.35. The van der Waals surface area contributed by atoms with E-state index in [1.54, 1.807) is 31.3 Å². The van der Waals surface area contributed by atoms with E-state index in [1.807, 2.05) is 31.2 Å². The molecule has 234 valence electrons. The van der Waals surface area contributed by atoms with Gasteiger partial charge in [0.15, 0.2) is 18.1 Å². The van der Waals surface area contributed by atoms with Crippen LogP contribution in [0, 0.1) is 12.8 Å². The van der Waals surface area contributed by atoms with Gasteiger partial charge in [-0.25, -0.2) is 10.2 Å². The van der Waals surface area contributed by atoms with Crippen molar-refractivity contribution in [2.75, 3.05) is 49.1 Å². The molecule has 11 nitrogen and oxygen atoms in total. The van der Waals surface area contributed by atoms with Crippen molar-refractivity contribution in [3.05, 3.63) is 89.5 Å². The highest BCUT2D eigenvalue weighted by atomic mass is 16.6. The minimum atomic E-state index is -0.445. The summed E-state index contributed by atoms with van der Waals surface area (Å²) in [5.41, 5.74) is 7.13. The first-order valence-electron chi connectivity index (χ1n) is 15.1. The quantitative estimate of drug-likeness (QED) is 0.110. The summed E-state index contributed by atoms with van der Waals surface area (Å²) >= 11 is 0. The van der Waals surface area contributed by atoms with Gasteiger partial charge in [0.25, 0.3) is 0 Å². The normalized spacial score (nSPS) is 13.4. The molecule has 11 heteroatoms. The van der Waals surface area contributed by atoms with E-state index in [1.165, 1.54) is 18.2 Å². The van der Waals surface area contributed by atoms with Crippen LogP contribution in [0.2, 0.25) is 0 Å². The van der Waals surface area contributed by atoms with Crippen molar-refractivity contribution in [3.8, 4) is 11.5 Å². The fourth-order valence-corrected chi connectivity index (χ4v) is 5.05. The molecule has 1 fully saturated rings. The molecule has 0 amide bonds. The van der Waals surface area contributed by atoms with Crippen molar-refractivity contribution in [3.63, 3.8) is 0 Å². The van der Waals surface area contributed by atoms with E-state index < -0.39 is 5.97 Å². The molecule has 4 aromatic rings. The van der Waals surface area contributed by atoms with Crippen molar-refractivity contribution in [2.45, 2.75) is 33.1 Å². The zero-order chi connectivity index (χ0) is 31.4. The molecule has 0 aliphatic carbocycles. The highest BCUT2D eigenvalue weighted by molar-refractivity contribution is 5.81. The number of hydrazone groups is 1. The van der Waals surface area contributed by atoms with Gasteiger partial charge in [0.1, 0.15) is 0 Å². The molecule has 0 bridgehead atoms. The number of methoxy groups -OCH3 is 1. The van der Waals surface area contributed by atoms with Gasteiger partial charge in [-0.2, -0.15) is 20.1 Å². The van der Waals surface area contributed by atoms with Gasteiger partial charge in [0.2, 0.25) is 17.8 Å². The van der Waals surface area contributed by atoms with Crippen LogP contribution in [0.15, 0.2) is 77.9 Å². The van der Waals surface area contributed by atoms with Gasteiger partial charge in [-0.3, -0.25) is 0 Å². The van der Waals surface area contributed by atoms with Gasteiger partial charge >= 0.3 is 5.97 Å². The Bertz CT molecular complexity index is 1570. The summed E-state index contributed by atoms with van der Waals surface area (Å²) in [5.74, 6) is 2.41. The Kier molecular flexibility index (Phi) is 10.8. The Morgan fingerprint density at radius 3 is 2.47 bits per heavy atom. The molecule has 5 rings (SSSR count). The predicted octanol–water partition coefficient (Wildman–Crippen LogP) is 5.78. The molecule has 1 aromatic heterocycles. The minimum Gasteiger partial charge on any atom is -0.493 e. The van der Waals surface area contributed by atoms with Crippen molar-refractivity contribution in [1.82, 2.24) is 15.0 Å². The van der Waals surface area contributed by atoms with Crippen LogP contribution >= 0.6 is 0 Å². The molecular formula is C34H39N7O4. The first-order valence-corrected chi connectivity index (χ1v) is 15.1. The molecule has 0 spiro atoms. The summed E-state index contributed by atoms with van der Waals surface area (Å²) < 4.78 is 15.9. The van der Waals surface area contributed by atoms with E-state index in [2.05, 4.69) is 56.1 Å². The van der Waals surface area contributed by atoms with Gasteiger partial charge in [-0.1, -0.05) is 48.0 Å². The highest BCUT2D eigenvalue weighted by Gasteiger charge is 2.22. The second-order valence-electron chi connectivity index (χ2n) is 10.8. The number of aryl methyl sites for hydroxylation is 1. The van der Waals surface area contributed by atoms with Gasteiger partial charge in [0.05, 0.1) is 19.9 Å². The minimum absolute atomic E-state index is 0.204. The number of anilines is 4. The molecule has 1 aliphatic heterocycles. The molecule has 0 atom stereocenters. The lowest BCUT2D eigenvalue weighted by Gasteiger charge is -2.32. The maximum atomic E-state index is 11.7. The number of nitrogens with one attached hydrogen (secondary N) is 2. The average Bonchev–Trinajstić information content (AvgIpc) is 3.06. The van der Waals surface area contributed by atoms with Gasteiger partial charge in [0, 0.05) is 18.8 Å². The standard InChI is InChI=1S/C34H39N7O4/c1-4-44-31(42)23-45-29-15-12-27(21-30(29)43-3)22-35-40-33-37-32(36-28-13-10-24(2)11-14-28)38-34(39-33)41-18-16-26(17-19-41)20-25-8-6-5-7-9-25/h5-15,21-22,26H,4,16-20,23H2,1-3H3,(H2,36,37,38,39,40)/b35-22-. The number of ether oxygens (including phenoxy) is 3. The lowest BCUT2D eigenvalue weighted by molar-refractivity contribution is -0.145. The van der Waals surface area contributed by atoms with Crippen LogP contribution in [0.4, 0.5) is 23.5 Å². The van der Waals surface area contributed by atoms with Crippen LogP contribution in [0.5, 0.6) is 11.5 Å². The van der Waals surface area contributed by atoms with Crippen molar-refractivity contribution in [1.29, 1.82) is 0 Å². The smallest absolute Gasteiger partial charge is 0.344 e. The topological polar surface area (TPSA) is 123 Å². The Labute approximate surface area is 263 Å². The van der Waals surface area contributed by atoms with Crippen LogP contribution in [-0.2, 0) is 16.0 Å². The maximum absolute atomic E-state index is 11.7. The molecule has 1 aliphatic rings. The van der Waals surface area contributed by atoms with Crippen LogP contribution in [-0.4, -0.2) is 60.5 Å². The van der Waals surface area contributed by atoms with Crippen LogP contribution in [0.25, 0.3) is 0 Å².